The average Bonchev–Trinajstić information content (AvgIpc) is 2.98. The Morgan fingerprint density at radius 1 is 1.20 bits per heavy atom. The average molecular weight is 582 g/mol. The van der Waals surface area contributed by atoms with E-state index in [1.54, 1.807) is 31.8 Å². The third kappa shape index (κ3) is 9.22. The van der Waals surface area contributed by atoms with Gasteiger partial charge in [-0.05, 0) is 44.1 Å². The van der Waals surface area contributed by atoms with Crippen LogP contribution >= 0.6 is 11.6 Å². The van der Waals surface area contributed by atoms with Gasteiger partial charge < -0.3 is 35.3 Å². The van der Waals surface area contributed by atoms with Crippen LogP contribution in [0.1, 0.15) is 69.8 Å². The molecule has 1 aliphatic carbocycles. The van der Waals surface area contributed by atoms with Crippen LogP contribution in [-0.4, -0.2) is 76.2 Å². The van der Waals surface area contributed by atoms with Gasteiger partial charge in [-0.25, -0.2) is 14.0 Å². The predicted molar refractivity (Wildman–Crippen MR) is 154 cm³/mol. The van der Waals surface area contributed by atoms with Crippen LogP contribution in [0.25, 0.3) is 0 Å². The second kappa shape index (κ2) is 16.4. The van der Waals surface area contributed by atoms with E-state index in [9.17, 15) is 14.7 Å². The first-order valence-corrected chi connectivity index (χ1v) is 14.8. The Morgan fingerprint density at radius 3 is 2.70 bits per heavy atom. The maximum absolute atomic E-state index is 15.2. The first kappa shape index (κ1) is 32.4. The number of methoxy groups -OCH3 is 1. The number of halogens is 2. The number of hydrogen-bond donors (Lipinski definition) is 4. The Kier molecular flexibility index (Phi) is 13.3. The van der Waals surface area contributed by atoms with Crippen molar-refractivity contribution in [3.63, 3.8) is 0 Å². The number of carbonyl (C=O) groups is 2. The normalized spacial score (nSPS) is 20.3. The second-order valence-corrected chi connectivity index (χ2v) is 11.4. The Hall–Kier alpha value is -2.08. The second-order valence-electron chi connectivity index (χ2n) is 11.0. The molecular formula is C28H44BClFN4O5. The highest BCUT2D eigenvalue weighted by Crippen LogP contribution is 2.41. The van der Waals surface area contributed by atoms with Gasteiger partial charge in [-0.2, -0.15) is 0 Å². The third-order valence-corrected chi connectivity index (χ3v) is 8.55. The van der Waals surface area contributed by atoms with Gasteiger partial charge in [-0.3, -0.25) is 0 Å². The van der Waals surface area contributed by atoms with Crippen LogP contribution in [0.3, 0.4) is 0 Å². The highest BCUT2D eigenvalue weighted by molar-refractivity contribution is 6.30. The number of hydrogen-bond acceptors (Lipinski definition) is 6. The molecule has 12 heteroatoms. The minimum Gasteiger partial charge on any atom is -0.453 e. The number of amides is 3. The van der Waals surface area contributed by atoms with Crippen molar-refractivity contribution < 1.29 is 28.5 Å². The molecule has 1 aliphatic heterocycles. The Morgan fingerprint density at radius 2 is 1.98 bits per heavy atom. The molecule has 1 saturated carbocycles. The van der Waals surface area contributed by atoms with Gasteiger partial charge in [0.15, 0.2) is 0 Å². The SMILES string of the molecule is CO[B]N[C@H](CNC(=O)N1CCC[C@@H]([C@@](O)(CCCNC(=O)OC)c2cccc(Cl)c2F)C1)CC1CCCCC1. The Bertz CT molecular complexity index is 957. The number of benzene rings is 1. The zero-order valence-corrected chi connectivity index (χ0v) is 24.5. The van der Waals surface area contributed by atoms with E-state index < -0.39 is 23.4 Å². The summed E-state index contributed by atoms with van der Waals surface area (Å²) in [5.41, 5.74) is -1.47. The third-order valence-electron chi connectivity index (χ3n) is 8.26. The topological polar surface area (TPSA) is 112 Å². The van der Waals surface area contributed by atoms with Crippen molar-refractivity contribution in [2.24, 2.45) is 11.8 Å². The van der Waals surface area contributed by atoms with Crippen LogP contribution in [0.15, 0.2) is 18.2 Å². The largest absolute Gasteiger partial charge is 0.453 e. The lowest BCUT2D eigenvalue weighted by molar-refractivity contribution is -0.0575. The molecule has 1 aromatic carbocycles. The van der Waals surface area contributed by atoms with Crippen molar-refractivity contribution in [3.05, 3.63) is 34.6 Å². The summed E-state index contributed by atoms with van der Waals surface area (Å²) in [4.78, 5) is 26.4. The maximum atomic E-state index is 15.2. The van der Waals surface area contributed by atoms with E-state index in [-0.39, 0.29) is 42.2 Å². The van der Waals surface area contributed by atoms with Gasteiger partial charge in [0, 0.05) is 50.8 Å². The summed E-state index contributed by atoms with van der Waals surface area (Å²) in [5.74, 6) is -0.458. The molecule has 0 unspecified atom stereocenters. The van der Waals surface area contributed by atoms with Gasteiger partial charge in [0.25, 0.3) is 0 Å². The Labute approximate surface area is 243 Å². The first-order valence-electron chi connectivity index (χ1n) is 14.4. The summed E-state index contributed by atoms with van der Waals surface area (Å²) >= 11 is 6.08. The van der Waals surface area contributed by atoms with Crippen LogP contribution in [0.4, 0.5) is 14.0 Å². The highest BCUT2D eigenvalue weighted by atomic mass is 35.5. The summed E-state index contributed by atoms with van der Waals surface area (Å²) in [6.07, 6.45) is 8.44. The van der Waals surface area contributed by atoms with Crippen LogP contribution in [0.2, 0.25) is 5.02 Å². The summed E-state index contributed by atoms with van der Waals surface area (Å²) in [6, 6.07) is 4.44. The monoisotopic (exact) mass is 581 g/mol. The number of ether oxygens (including phenoxy) is 1. The molecule has 1 heterocycles. The molecule has 3 rings (SSSR count). The van der Waals surface area contributed by atoms with E-state index in [4.69, 9.17) is 16.3 Å². The summed E-state index contributed by atoms with van der Waals surface area (Å²) in [6.45, 7) is 1.51. The van der Waals surface area contributed by atoms with Crippen molar-refractivity contribution in [1.82, 2.24) is 20.8 Å². The number of nitrogens with zero attached hydrogens (tertiary/aromatic N) is 1. The fraction of sp³-hybridized carbons (Fsp3) is 0.714. The van der Waals surface area contributed by atoms with Gasteiger partial charge in [-0.15, -0.1) is 0 Å². The number of carbonyl (C=O) groups excluding carboxylic acids is 2. The molecule has 0 spiro atoms. The molecular weight excluding hydrogens is 538 g/mol. The maximum Gasteiger partial charge on any atom is 0.406 e. The first-order chi connectivity index (χ1) is 19.3. The van der Waals surface area contributed by atoms with Crippen molar-refractivity contribution in [3.8, 4) is 0 Å². The van der Waals surface area contributed by atoms with Crippen molar-refractivity contribution in [2.45, 2.75) is 75.9 Å². The molecule has 40 heavy (non-hydrogen) atoms. The standard InChI is InChI=1S/C28H44BClFN4O5/c1-39-27(37)32-15-8-14-28(38,23-12-6-13-24(30)25(23)31)21-11-7-16-35(19-21)26(36)33-18-22(34-29-40-2)17-20-9-4-3-5-10-20/h6,12-13,20-22,34,38H,3-5,7-11,14-19H2,1-2H3,(H,32,37)(H,33,36)/t21-,22+,28+/m1/s1. The van der Waals surface area contributed by atoms with E-state index in [0.717, 1.165) is 6.42 Å². The van der Waals surface area contributed by atoms with Crippen LogP contribution < -0.4 is 15.9 Å². The molecule has 0 aromatic heterocycles. The Balaban J connectivity index is 1.67. The summed E-state index contributed by atoms with van der Waals surface area (Å²) < 4.78 is 24.9. The number of nitrogens with one attached hydrogen (secondary N) is 3. The zero-order valence-electron chi connectivity index (χ0n) is 23.7. The van der Waals surface area contributed by atoms with Crippen LogP contribution in [-0.2, 0) is 15.0 Å². The number of piperidine rings is 1. The molecule has 4 N–H and O–H groups in total. The number of likely N-dealkylation sites (tertiary alicyclic amines) is 1. The molecule has 1 aromatic rings. The van der Waals surface area contributed by atoms with Crippen molar-refractivity contribution >= 4 is 31.3 Å². The molecule has 2 aliphatic rings. The van der Waals surface area contributed by atoms with E-state index >= 15 is 4.39 Å². The molecule has 3 atom stereocenters. The fourth-order valence-electron chi connectivity index (χ4n) is 6.09. The number of aliphatic hydroxyl groups is 1. The lowest BCUT2D eigenvalue weighted by atomic mass is 9.74. The molecule has 1 saturated heterocycles. The van der Waals surface area contributed by atoms with Gasteiger partial charge in [0.05, 0.1) is 17.7 Å². The van der Waals surface area contributed by atoms with Gasteiger partial charge in [0.1, 0.15) is 5.82 Å². The van der Waals surface area contributed by atoms with Crippen molar-refractivity contribution in [1.29, 1.82) is 0 Å². The van der Waals surface area contributed by atoms with Gasteiger partial charge >= 0.3 is 19.7 Å². The molecule has 3 amide bonds. The van der Waals surface area contributed by atoms with Crippen LogP contribution in [0.5, 0.6) is 0 Å². The molecule has 9 nitrogen and oxygen atoms in total. The number of urea groups is 1. The van der Waals surface area contributed by atoms with Gasteiger partial charge in [-0.1, -0.05) is 55.8 Å². The summed E-state index contributed by atoms with van der Waals surface area (Å²) in [5, 5.41) is 20.9. The fourth-order valence-corrected chi connectivity index (χ4v) is 6.27. The number of alkyl carbamates (subject to hydrolysis) is 1. The molecule has 223 valence electrons. The predicted octanol–water partition coefficient (Wildman–Crippen LogP) is 4.33. The lowest BCUT2D eigenvalue weighted by Crippen LogP contribution is -2.53. The van der Waals surface area contributed by atoms with E-state index in [1.807, 2.05) is 0 Å². The number of rotatable bonds is 13. The quantitative estimate of drug-likeness (QED) is 0.204. The van der Waals surface area contributed by atoms with Gasteiger partial charge in [0.2, 0.25) is 0 Å². The van der Waals surface area contributed by atoms with Crippen molar-refractivity contribution in [2.75, 3.05) is 40.4 Å². The highest BCUT2D eigenvalue weighted by Gasteiger charge is 2.43. The zero-order chi connectivity index (χ0) is 29.0. The molecule has 2 fully saturated rings. The summed E-state index contributed by atoms with van der Waals surface area (Å²) in [7, 11) is 4.43. The van der Waals surface area contributed by atoms with E-state index in [2.05, 4.69) is 20.6 Å². The minimum atomic E-state index is -1.58. The van der Waals surface area contributed by atoms with E-state index in [1.165, 1.54) is 45.3 Å². The minimum absolute atomic E-state index is 0.0485. The molecule has 0 bridgehead atoms. The lowest BCUT2D eigenvalue weighted by Gasteiger charge is -2.43. The smallest absolute Gasteiger partial charge is 0.406 e. The van der Waals surface area contributed by atoms with Crippen LogP contribution in [0, 0.1) is 17.7 Å². The molecule has 1 radical (unpaired) electrons. The van der Waals surface area contributed by atoms with E-state index in [0.29, 0.717) is 38.3 Å².